The van der Waals surface area contributed by atoms with Gasteiger partial charge in [-0.25, -0.2) is 5.84 Å². The van der Waals surface area contributed by atoms with E-state index in [-0.39, 0.29) is 25.4 Å². The van der Waals surface area contributed by atoms with E-state index in [2.05, 4.69) is 0 Å². The monoisotopic (exact) mass is 508 g/mol. The highest BCUT2D eigenvalue weighted by Gasteiger charge is 2.26. The van der Waals surface area contributed by atoms with Gasteiger partial charge in [0, 0.05) is 6.42 Å². The summed E-state index contributed by atoms with van der Waals surface area (Å²) in [6.45, 7) is 5.03. The van der Waals surface area contributed by atoms with Gasteiger partial charge in [-0.15, -0.1) is 0 Å². The molecule has 10 heteroatoms. The number of rotatable bonds is 17. The lowest BCUT2D eigenvalue weighted by Crippen LogP contribution is -2.34. The molecule has 5 N–H and O–H groups in total. The first-order valence-corrected chi connectivity index (χ1v) is 12.3. The molecule has 1 rings (SSSR count). The number of hydrogen-bond donors (Lipinski definition) is 4. The summed E-state index contributed by atoms with van der Waals surface area (Å²) in [6.07, 6.45) is 4.61. The van der Waals surface area contributed by atoms with Crippen molar-refractivity contribution in [2.45, 2.75) is 84.2 Å². The van der Waals surface area contributed by atoms with Crippen LogP contribution < -0.4 is 16.0 Å². The number of ether oxygens (including phenoxy) is 2. The smallest absolute Gasteiger partial charge is 0.307 e. The zero-order valence-electron chi connectivity index (χ0n) is 21.5. The van der Waals surface area contributed by atoms with Crippen LogP contribution in [0.1, 0.15) is 77.7 Å². The number of benzene rings is 1. The number of hydrazine groups is 1. The minimum absolute atomic E-state index is 0.130. The summed E-state index contributed by atoms with van der Waals surface area (Å²) in [5.74, 6) is 2.08. The second-order valence-corrected chi connectivity index (χ2v) is 9.97. The van der Waals surface area contributed by atoms with Crippen molar-refractivity contribution in [1.29, 1.82) is 0 Å². The van der Waals surface area contributed by atoms with Crippen molar-refractivity contribution in [1.82, 2.24) is 5.43 Å². The van der Waals surface area contributed by atoms with Crippen LogP contribution in [-0.2, 0) is 30.3 Å². The average Bonchev–Trinajstić information content (AvgIpc) is 2.78. The van der Waals surface area contributed by atoms with Crippen molar-refractivity contribution >= 4 is 23.8 Å². The van der Waals surface area contributed by atoms with Crippen LogP contribution in [0.2, 0.25) is 0 Å². The van der Waals surface area contributed by atoms with Crippen LogP contribution in [-0.4, -0.2) is 46.2 Å². The van der Waals surface area contributed by atoms with E-state index in [1.807, 2.05) is 17.6 Å². The summed E-state index contributed by atoms with van der Waals surface area (Å²) in [5.41, 5.74) is 2.34. The minimum atomic E-state index is -1.02. The predicted octanol–water partition coefficient (Wildman–Crippen LogP) is 3.46. The third kappa shape index (κ3) is 14.3. The molecule has 0 aliphatic carbocycles. The van der Waals surface area contributed by atoms with E-state index in [1.165, 1.54) is 0 Å². The molecule has 1 amide bonds. The van der Waals surface area contributed by atoms with Gasteiger partial charge in [0.15, 0.2) is 6.61 Å². The topological polar surface area (TPSA) is 165 Å². The Hall–Kier alpha value is -3.14. The Labute approximate surface area is 212 Å². The molecule has 0 fully saturated rings. The third-order valence-electron chi connectivity index (χ3n) is 5.59. The number of carboxylic acid groups (broad SMARTS) is 2. The Balaban J connectivity index is 2.77. The van der Waals surface area contributed by atoms with Gasteiger partial charge < -0.3 is 19.7 Å². The first kappa shape index (κ1) is 30.9. The first-order chi connectivity index (χ1) is 16.9. The van der Waals surface area contributed by atoms with E-state index in [9.17, 15) is 24.3 Å². The van der Waals surface area contributed by atoms with E-state index in [1.54, 1.807) is 32.9 Å². The molecule has 0 spiro atoms. The number of nitrogens with one attached hydrogen (secondary N) is 1. The number of carboxylic acids is 2. The summed E-state index contributed by atoms with van der Waals surface area (Å²) in [4.78, 5) is 45.9. The molecule has 1 aromatic rings. The molecule has 0 aromatic heterocycles. The molecule has 0 saturated carbocycles. The van der Waals surface area contributed by atoms with Gasteiger partial charge in [0.05, 0.1) is 12.3 Å². The standard InChI is InChI=1S/C26H40N2O8/c1-26(2,3)36-24(32)16-20(25(33)34)12-9-18(7-5-4-6-8-23(30)31)15-19-10-13-21(14-11-19)35-17-22(29)28-27/h10-11,13-14,18,20H,4-9,12,15-17,27H2,1-3H3,(H,28,29)(H,30,31)(H,33,34). The average molecular weight is 509 g/mol. The van der Waals surface area contributed by atoms with Crippen LogP contribution in [0.4, 0.5) is 0 Å². The molecule has 0 heterocycles. The minimum Gasteiger partial charge on any atom is -0.484 e. The Morgan fingerprint density at radius 3 is 2.19 bits per heavy atom. The number of nitrogens with two attached hydrogens (primary N) is 1. The number of hydrogen-bond acceptors (Lipinski definition) is 7. The SMILES string of the molecule is CC(C)(C)OC(=O)CC(CCC(CCCCCC(=O)O)Cc1ccc(OCC(=O)NN)cc1)C(=O)O. The molecule has 2 unspecified atom stereocenters. The van der Waals surface area contributed by atoms with Crippen molar-refractivity contribution in [2.24, 2.45) is 17.7 Å². The van der Waals surface area contributed by atoms with E-state index in [0.717, 1.165) is 24.8 Å². The quantitative estimate of drug-likeness (QED) is 0.0810. The predicted molar refractivity (Wildman–Crippen MR) is 133 cm³/mol. The molecule has 0 saturated heterocycles. The highest BCUT2D eigenvalue weighted by atomic mass is 16.6. The zero-order valence-corrected chi connectivity index (χ0v) is 21.5. The largest absolute Gasteiger partial charge is 0.484 e. The molecule has 2 atom stereocenters. The lowest BCUT2D eigenvalue weighted by molar-refractivity contribution is -0.160. The number of amides is 1. The lowest BCUT2D eigenvalue weighted by atomic mass is 9.86. The summed E-state index contributed by atoms with van der Waals surface area (Å²) in [6, 6.07) is 7.29. The number of carbonyl (C=O) groups excluding carboxylic acids is 2. The van der Waals surface area contributed by atoms with Crippen LogP contribution >= 0.6 is 0 Å². The Morgan fingerprint density at radius 1 is 0.972 bits per heavy atom. The molecule has 0 aliphatic rings. The van der Waals surface area contributed by atoms with Gasteiger partial charge in [-0.05, 0) is 70.1 Å². The van der Waals surface area contributed by atoms with Gasteiger partial charge in [-0.2, -0.15) is 0 Å². The number of esters is 1. The van der Waals surface area contributed by atoms with E-state index >= 15 is 0 Å². The van der Waals surface area contributed by atoms with Crippen LogP contribution in [0.3, 0.4) is 0 Å². The van der Waals surface area contributed by atoms with Gasteiger partial charge in [0.25, 0.3) is 5.91 Å². The number of aliphatic carboxylic acids is 2. The highest BCUT2D eigenvalue weighted by molar-refractivity contribution is 5.79. The lowest BCUT2D eigenvalue weighted by Gasteiger charge is -2.22. The van der Waals surface area contributed by atoms with Crippen molar-refractivity contribution < 1.29 is 38.9 Å². The summed E-state index contributed by atoms with van der Waals surface area (Å²) < 4.78 is 10.6. The van der Waals surface area contributed by atoms with Gasteiger partial charge in [0.2, 0.25) is 0 Å². The van der Waals surface area contributed by atoms with Crippen LogP contribution in [0, 0.1) is 11.8 Å². The first-order valence-electron chi connectivity index (χ1n) is 12.3. The molecule has 10 nitrogen and oxygen atoms in total. The Kier molecular flexibility index (Phi) is 13.5. The number of carbonyl (C=O) groups is 4. The highest BCUT2D eigenvalue weighted by Crippen LogP contribution is 2.26. The second-order valence-electron chi connectivity index (χ2n) is 9.97. The molecular weight excluding hydrogens is 468 g/mol. The van der Waals surface area contributed by atoms with Gasteiger partial charge >= 0.3 is 17.9 Å². The number of unbranched alkanes of at least 4 members (excludes halogenated alkanes) is 2. The summed E-state index contributed by atoms with van der Waals surface area (Å²) >= 11 is 0. The second kappa shape index (κ2) is 15.8. The van der Waals surface area contributed by atoms with Crippen molar-refractivity contribution in [3.63, 3.8) is 0 Å². The maximum Gasteiger partial charge on any atom is 0.307 e. The van der Waals surface area contributed by atoms with Crippen LogP contribution in [0.15, 0.2) is 24.3 Å². The van der Waals surface area contributed by atoms with E-state index < -0.39 is 35.3 Å². The maximum atomic E-state index is 12.2. The van der Waals surface area contributed by atoms with Crippen LogP contribution in [0.25, 0.3) is 0 Å². The fraction of sp³-hybridized carbons (Fsp3) is 0.615. The Bertz CT molecular complexity index is 848. The summed E-state index contributed by atoms with van der Waals surface area (Å²) in [7, 11) is 0. The fourth-order valence-electron chi connectivity index (χ4n) is 3.81. The third-order valence-corrected chi connectivity index (χ3v) is 5.59. The molecule has 1 aromatic carbocycles. The van der Waals surface area contributed by atoms with Gasteiger partial charge in [0.1, 0.15) is 11.4 Å². The zero-order chi connectivity index (χ0) is 27.1. The molecule has 202 valence electrons. The molecule has 0 aliphatic heterocycles. The van der Waals surface area contributed by atoms with Crippen molar-refractivity contribution in [3.8, 4) is 5.75 Å². The fourth-order valence-corrected chi connectivity index (χ4v) is 3.81. The normalized spacial score (nSPS) is 12.9. The van der Waals surface area contributed by atoms with Crippen LogP contribution in [0.5, 0.6) is 5.75 Å². The van der Waals surface area contributed by atoms with Gasteiger partial charge in [-0.3, -0.25) is 24.6 Å². The van der Waals surface area contributed by atoms with Gasteiger partial charge in [-0.1, -0.05) is 31.4 Å². The Morgan fingerprint density at radius 2 is 1.64 bits per heavy atom. The van der Waals surface area contributed by atoms with Crippen molar-refractivity contribution in [2.75, 3.05) is 6.61 Å². The molecule has 0 radical (unpaired) electrons. The molecular formula is C26H40N2O8. The molecule has 36 heavy (non-hydrogen) atoms. The summed E-state index contributed by atoms with van der Waals surface area (Å²) in [5, 5.41) is 18.5. The van der Waals surface area contributed by atoms with Crippen molar-refractivity contribution in [3.05, 3.63) is 29.8 Å². The van der Waals surface area contributed by atoms with E-state index in [0.29, 0.717) is 31.4 Å². The van der Waals surface area contributed by atoms with E-state index in [4.69, 9.17) is 20.4 Å². The molecule has 0 bridgehead atoms. The maximum absolute atomic E-state index is 12.2.